The minimum absolute atomic E-state index is 0.690. The Morgan fingerprint density at radius 2 is 2.27 bits per heavy atom. The summed E-state index contributed by atoms with van der Waals surface area (Å²) in [6.07, 6.45) is 0. The Hall–Kier alpha value is -0.220. The Morgan fingerprint density at radius 3 is 2.91 bits per heavy atom. The summed E-state index contributed by atoms with van der Waals surface area (Å²) in [4.78, 5) is 5.32. The summed E-state index contributed by atoms with van der Waals surface area (Å²) in [5.74, 6) is 0. The summed E-state index contributed by atoms with van der Waals surface area (Å²) in [6, 6.07) is 7.34. The van der Waals surface area contributed by atoms with Gasteiger partial charge in [0, 0.05) is 9.92 Å². The summed E-state index contributed by atoms with van der Waals surface area (Å²) in [5.41, 5.74) is 0. The molecule has 0 saturated heterocycles. The van der Waals surface area contributed by atoms with Crippen LogP contribution in [0.1, 0.15) is 0 Å². The van der Waals surface area contributed by atoms with Crippen molar-refractivity contribution < 1.29 is 9.22 Å². The van der Waals surface area contributed by atoms with Crippen molar-refractivity contribution in [3.8, 4) is 0 Å². The van der Waals surface area contributed by atoms with E-state index < -0.39 is 0 Å². The van der Waals surface area contributed by atoms with Crippen LogP contribution in [0.25, 0.3) is 0 Å². The molecule has 0 aliphatic heterocycles. The van der Waals surface area contributed by atoms with Gasteiger partial charge in [0.15, 0.2) is 0 Å². The van der Waals surface area contributed by atoms with Gasteiger partial charge in [-0.05, 0) is 18.2 Å². The molecule has 0 heterocycles. The van der Waals surface area contributed by atoms with Gasteiger partial charge in [-0.25, -0.2) is 4.89 Å². The predicted octanol–water partition coefficient (Wildman–Crippen LogP) is 2.93. The zero-order chi connectivity index (χ0) is 8.10. The van der Waals surface area contributed by atoms with Gasteiger partial charge in [-0.15, -0.1) is 0 Å². The fourth-order valence-corrected chi connectivity index (χ4v) is 1.30. The minimum Gasteiger partial charge on any atom is -0.227 e. The highest BCUT2D eigenvalue weighted by molar-refractivity contribution is 7.94. The van der Waals surface area contributed by atoms with Gasteiger partial charge in [0.1, 0.15) is 0 Å². The van der Waals surface area contributed by atoms with E-state index in [4.69, 9.17) is 11.6 Å². The van der Waals surface area contributed by atoms with Crippen molar-refractivity contribution in [3.63, 3.8) is 0 Å². The number of hydrogen-bond donors (Lipinski definition) is 0. The molecule has 0 bridgehead atoms. The van der Waals surface area contributed by atoms with Crippen LogP contribution in [0.2, 0.25) is 5.02 Å². The van der Waals surface area contributed by atoms with E-state index in [0.29, 0.717) is 5.02 Å². The molecule has 0 aliphatic rings. The maximum atomic E-state index is 5.71. The fraction of sp³-hybridized carbons (Fsp3) is 0.143. The summed E-state index contributed by atoms with van der Waals surface area (Å²) < 4.78 is 4.63. The molecule has 0 spiro atoms. The Balaban J connectivity index is 2.56. The molecule has 0 N–H and O–H groups in total. The van der Waals surface area contributed by atoms with Crippen LogP contribution >= 0.6 is 23.6 Å². The average molecular weight is 191 g/mol. The van der Waals surface area contributed by atoms with Crippen LogP contribution in [0.3, 0.4) is 0 Å². The van der Waals surface area contributed by atoms with Gasteiger partial charge in [0.25, 0.3) is 0 Å². The van der Waals surface area contributed by atoms with Crippen molar-refractivity contribution in [1.29, 1.82) is 0 Å². The molecule has 1 aromatic carbocycles. The molecule has 60 valence electrons. The molecule has 2 nitrogen and oxygen atoms in total. The molecule has 0 aromatic heterocycles. The standard InChI is InChI=1S/C7H7ClO2S/c1-9-10-11-7-4-2-3-6(8)5-7/h2-5H,1H3. The van der Waals surface area contributed by atoms with Crippen molar-refractivity contribution >= 4 is 23.6 Å². The third-order valence-electron chi connectivity index (χ3n) is 0.994. The monoisotopic (exact) mass is 190 g/mol. The van der Waals surface area contributed by atoms with E-state index in [1.165, 1.54) is 7.11 Å². The Bertz CT molecular complexity index is 229. The Morgan fingerprint density at radius 1 is 1.45 bits per heavy atom. The number of halogens is 1. The van der Waals surface area contributed by atoms with Crippen LogP contribution in [-0.4, -0.2) is 7.11 Å². The van der Waals surface area contributed by atoms with Crippen molar-refractivity contribution in [2.45, 2.75) is 4.90 Å². The molecule has 1 rings (SSSR count). The molecule has 0 amide bonds. The van der Waals surface area contributed by atoms with E-state index in [1.807, 2.05) is 12.1 Å². The van der Waals surface area contributed by atoms with E-state index in [1.54, 1.807) is 12.1 Å². The zero-order valence-corrected chi connectivity index (χ0v) is 7.48. The summed E-state index contributed by atoms with van der Waals surface area (Å²) in [5, 5.41) is 0.690. The second-order valence-electron chi connectivity index (χ2n) is 1.78. The normalized spacial score (nSPS) is 10.0. The molecule has 0 atom stereocenters. The lowest BCUT2D eigenvalue weighted by Crippen LogP contribution is -1.76. The summed E-state index contributed by atoms with van der Waals surface area (Å²) >= 11 is 6.84. The highest BCUT2D eigenvalue weighted by Crippen LogP contribution is 2.21. The van der Waals surface area contributed by atoms with Crippen molar-refractivity contribution in [2.75, 3.05) is 7.11 Å². The first kappa shape index (κ1) is 8.87. The lowest BCUT2D eigenvalue weighted by atomic mass is 10.4. The largest absolute Gasteiger partial charge is 0.227 e. The van der Waals surface area contributed by atoms with E-state index in [2.05, 4.69) is 9.22 Å². The lowest BCUT2D eigenvalue weighted by molar-refractivity contribution is -0.160. The average Bonchev–Trinajstić information content (AvgIpc) is 2.01. The van der Waals surface area contributed by atoms with E-state index in [0.717, 1.165) is 16.9 Å². The van der Waals surface area contributed by atoms with Gasteiger partial charge in [-0.2, -0.15) is 4.33 Å². The molecular formula is C7H7ClO2S. The summed E-state index contributed by atoms with van der Waals surface area (Å²) in [6.45, 7) is 0. The van der Waals surface area contributed by atoms with Crippen LogP contribution < -0.4 is 0 Å². The Kier molecular flexibility index (Phi) is 3.72. The maximum absolute atomic E-state index is 5.71. The van der Waals surface area contributed by atoms with E-state index in [9.17, 15) is 0 Å². The molecule has 11 heavy (non-hydrogen) atoms. The second kappa shape index (κ2) is 4.62. The van der Waals surface area contributed by atoms with Gasteiger partial charge in [0.2, 0.25) is 0 Å². The van der Waals surface area contributed by atoms with Gasteiger partial charge in [-0.1, -0.05) is 17.7 Å². The smallest absolute Gasteiger partial charge is 0.0725 e. The first-order valence-electron chi connectivity index (χ1n) is 2.96. The van der Waals surface area contributed by atoms with Crippen molar-refractivity contribution in [3.05, 3.63) is 29.3 Å². The summed E-state index contributed by atoms with van der Waals surface area (Å²) in [7, 11) is 1.46. The molecule has 4 heteroatoms. The molecule has 0 saturated carbocycles. The molecule has 0 fully saturated rings. The first-order chi connectivity index (χ1) is 5.33. The quantitative estimate of drug-likeness (QED) is 0.415. The van der Waals surface area contributed by atoms with Crippen LogP contribution in [-0.2, 0) is 9.22 Å². The fourth-order valence-electron chi connectivity index (χ4n) is 0.592. The topological polar surface area (TPSA) is 18.5 Å². The van der Waals surface area contributed by atoms with E-state index in [-0.39, 0.29) is 0 Å². The van der Waals surface area contributed by atoms with Gasteiger partial charge in [0.05, 0.1) is 19.2 Å². The van der Waals surface area contributed by atoms with Crippen molar-refractivity contribution in [1.82, 2.24) is 0 Å². The van der Waals surface area contributed by atoms with Crippen LogP contribution in [0.5, 0.6) is 0 Å². The minimum atomic E-state index is 0.690. The molecule has 0 aliphatic carbocycles. The number of benzene rings is 1. The van der Waals surface area contributed by atoms with Crippen LogP contribution in [0.15, 0.2) is 29.2 Å². The third kappa shape index (κ3) is 3.12. The van der Waals surface area contributed by atoms with Gasteiger partial charge < -0.3 is 0 Å². The first-order valence-corrected chi connectivity index (χ1v) is 4.08. The number of rotatable bonds is 3. The molecule has 1 aromatic rings. The maximum Gasteiger partial charge on any atom is 0.0725 e. The Labute approximate surface area is 74.6 Å². The second-order valence-corrected chi connectivity index (χ2v) is 2.99. The van der Waals surface area contributed by atoms with Crippen LogP contribution in [0.4, 0.5) is 0 Å². The molecule has 0 radical (unpaired) electrons. The van der Waals surface area contributed by atoms with Crippen LogP contribution in [0, 0.1) is 0 Å². The third-order valence-corrected chi connectivity index (χ3v) is 1.88. The number of hydrogen-bond acceptors (Lipinski definition) is 3. The molecular weight excluding hydrogens is 184 g/mol. The predicted molar refractivity (Wildman–Crippen MR) is 45.4 cm³/mol. The lowest BCUT2D eigenvalue weighted by Gasteiger charge is -1.97. The van der Waals surface area contributed by atoms with Gasteiger partial charge in [-0.3, -0.25) is 0 Å². The van der Waals surface area contributed by atoms with Crippen molar-refractivity contribution in [2.24, 2.45) is 0 Å². The SMILES string of the molecule is COOSc1cccc(Cl)c1. The zero-order valence-electron chi connectivity index (χ0n) is 5.91. The van der Waals surface area contributed by atoms with E-state index >= 15 is 0 Å². The highest BCUT2D eigenvalue weighted by Gasteiger charge is 1.94. The highest BCUT2D eigenvalue weighted by atomic mass is 35.5. The molecule has 0 unspecified atom stereocenters. The van der Waals surface area contributed by atoms with Gasteiger partial charge >= 0.3 is 0 Å².